The molecular formula is C13H11N3. The van der Waals surface area contributed by atoms with Crippen molar-refractivity contribution in [1.82, 2.24) is 4.98 Å². The molecule has 1 aromatic carbocycles. The maximum atomic E-state index is 8.64. The Labute approximate surface area is 94.2 Å². The van der Waals surface area contributed by atoms with Crippen LogP contribution in [-0.4, -0.2) is 4.98 Å². The lowest BCUT2D eigenvalue weighted by Gasteiger charge is -2.04. The maximum absolute atomic E-state index is 8.64. The van der Waals surface area contributed by atoms with Gasteiger partial charge in [0.15, 0.2) is 0 Å². The Bertz CT molecular complexity index is 527. The first-order valence-electron chi connectivity index (χ1n) is 4.98. The summed E-state index contributed by atoms with van der Waals surface area (Å²) in [5, 5.41) is 8.64. The topological polar surface area (TPSA) is 62.7 Å². The highest BCUT2D eigenvalue weighted by molar-refractivity contribution is 5.63. The van der Waals surface area contributed by atoms with Gasteiger partial charge < -0.3 is 5.73 Å². The summed E-state index contributed by atoms with van der Waals surface area (Å²) in [6.45, 7) is 0. The molecule has 0 atom stereocenters. The van der Waals surface area contributed by atoms with Gasteiger partial charge in [-0.2, -0.15) is 5.26 Å². The Morgan fingerprint density at radius 1 is 1.19 bits per heavy atom. The summed E-state index contributed by atoms with van der Waals surface area (Å²) >= 11 is 0. The number of pyridine rings is 1. The first kappa shape index (κ1) is 10.2. The third-order valence-electron chi connectivity index (χ3n) is 2.23. The fourth-order valence-electron chi connectivity index (χ4n) is 1.54. The second kappa shape index (κ2) is 4.45. The predicted octanol–water partition coefficient (Wildman–Crippen LogP) is 2.40. The van der Waals surface area contributed by atoms with Crippen LogP contribution in [0.3, 0.4) is 0 Å². The van der Waals surface area contributed by atoms with Crippen LogP contribution in [0.15, 0.2) is 42.5 Å². The normalized spacial score (nSPS) is 9.69. The van der Waals surface area contributed by atoms with E-state index in [4.69, 9.17) is 11.0 Å². The van der Waals surface area contributed by atoms with Crippen LogP contribution in [0, 0.1) is 11.3 Å². The molecule has 0 saturated carbocycles. The Morgan fingerprint density at radius 3 is 2.62 bits per heavy atom. The molecule has 2 N–H and O–H groups in total. The van der Waals surface area contributed by atoms with Crippen molar-refractivity contribution >= 4 is 5.69 Å². The molecule has 0 saturated heterocycles. The number of hydrogen-bond acceptors (Lipinski definition) is 3. The zero-order chi connectivity index (χ0) is 11.4. The monoisotopic (exact) mass is 209 g/mol. The summed E-state index contributed by atoms with van der Waals surface area (Å²) in [5.74, 6) is 0. The minimum absolute atomic E-state index is 0.283. The standard InChI is InChI=1S/C13H11N3/c14-7-6-12-8-11(15)9-13(16-12)10-4-2-1-3-5-10/h1-5,8-9H,6H2,(H2,15,16). The number of hydrogen-bond donors (Lipinski definition) is 1. The van der Waals surface area contributed by atoms with Gasteiger partial charge in [0.05, 0.1) is 23.9 Å². The summed E-state index contributed by atoms with van der Waals surface area (Å²) in [6.07, 6.45) is 0.283. The molecule has 3 heteroatoms. The van der Waals surface area contributed by atoms with Crippen molar-refractivity contribution in [3.63, 3.8) is 0 Å². The van der Waals surface area contributed by atoms with Crippen LogP contribution >= 0.6 is 0 Å². The van der Waals surface area contributed by atoms with Gasteiger partial charge in [-0.1, -0.05) is 30.3 Å². The first-order valence-corrected chi connectivity index (χ1v) is 4.98. The molecule has 78 valence electrons. The van der Waals surface area contributed by atoms with E-state index in [1.807, 2.05) is 36.4 Å². The van der Waals surface area contributed by atoms with Crippen molar-refractivity contribution < 1.29 is 0 Å². The molecule has 0 amide bonds. The minimum Gasteiger partial charge on any atom is -0.399 e. The van der Waals surface area contributed by atoms with Crippen LogP contribution in [0.25, 0.3) is 11.3 Å². The van der Waals surface area contributed by atoms with E-state index in [0.717, 1.165) is 11.3 Å². The lowest BCUT2D eigenvalue weighted by atomic mass is 10.1. The molecule has 1 aromatic heterocycles. The third-order valence-corrected chi connectivity index (χ3v) is 2.23. The number of rotatable bonds is 2. The molecule has 0 aliphatic rings. The van der Waals surface area contributed by atoms with Crippen molar-refractivity contribution in [2.24, 2.45) is 0 Å². The number of aromatic nitrogens is 1. The number of nitrogen functional groups attached to an aromatic ring is 1. The van der Waals surface area contributed by atoms with Gasteiger partial charge >= 0.3 is 0 Å². The van der Waals surface area contributed by atoms with Gasteiger partial charge in [-0.3, -0.25) is 4.98 Å². The number of nitriles is 1. The second-order valence-electron chi connectivity index (χ2n) is 3.48. The van der Waals surface area contributed by atoms with Crippen LogP contribution in [0.4, 0.5) is 5.69 Å². The summed E-state index contributed by atoms with van der Waals surface area (Å²) in [6, 6.07) is 15.4. The molecule has 0 aliphatic carbocycles. The molecule has 0 aliphatic heterocycles. The van der Waals surface area contributed by atoms with Crippen LogP contribution < -0.4 is 5.73 Å². The molecular weight excluding hydrogens is 198 g/mol. The lowest BCUT2D eigenvalue weighted by Crippen LogP contribution is -1.95. The maximum Gasteiger partial charge on any atom is 0.0775 e. The number of nitrogens with two attached hydrogens (primary N) is 1. The largest absolute Gasteiger partial charge is 0.399 e. The molecule has 0 unspecified atom stereocenters. The Hall–Kier alpha value is -2.34. The molecule has 1 heterocycles. The van der Waals surface area contributed by atoms with Crippen molar-refractivity contribution in [1.29, 1.82) is 5.26 Å². The van der Waals surface area contributed by atoms with E-state index >= 15 is 0 Å². The highest BCUT2D eigenvalue weighted by atomic mass is 14.7. The summed E-state index contributed by atoms with van der Waals surface area (Å²) in [7, 11) is 0. The predicted molar refractivity (Wildman–Crippen MR) is 63.4 cm³/mol. The fraction of sp³-hybridized carbons (Fsp3) is 0.0769. The Kier molecular flexibility index (Phi) is 2.84. The van der Waals surface area contributed by atoms with E-state index in [1.54, 1.807) is 6.07 Å². The number of nitrogens with zero attached hydrogens (tertiary/aromatic N) is 2. The molecule has 0 radical (unpaired) electrons. The van der Waals surface area contributed by atoms with Gasteiger partial charge in [-0.05, 0) is 12.1 Å². The van der Waals surface area contributed by atoms with Gasteiger partial charge in [-0.15, -0.1) is 0 Å². The minimum atomic E-state index is 0.283. The van der Waals surface area contributed by atoms with E-state index < -0.39 is 0 Å². The molecule has 16 heavy (non-hydrogen) atoms. The average molecular weight is 209 g/mol. The van der Waals surface area contributed by atoms with Gasteiger partial charge in [0.2, 0.25) is 0 Å². The molecule has 2 aromatic rings. The molecule has 0 fully saturated rings. The molecule has 0 spiro atoms. The zero-order valence-corrected chi connectivity index (χ0v) is 8.72. The highest BCUT2D eigenvalue weighted by Crippen LogP contribution is 2.20. The first-order chi connectivity index (χ1) is 7.79. The van der Waals surface area contributed by atoms with Crippen molar-refractivity contribution in [3.05, 3.63) is 48.2 Å². The molecule has 3 nitrogen and oxygen atoms in total. The Morgan fingerprint density at radius 2 is 1.94 bits per heavy atom. The van der Waals surface area contributed by atoms with Crippen LogP contribution in [-0.2, 0) is 6.42 Å². The lowest BCUT2D eigenvalue weighted by molar-refractivity contribution is 1.12. The van der Waals surface area contributed by atoms with Crippen molar-refractivity contribution in [2.75, 3.05) is 5.73 Å². The van der Waals surface area contributed by atoms with Crippen LogP contribution in [0.1, 0.15) is 5.69 Å². The Balaban J connectivity index is 2.46. The van der Waals surface area contributed by atoms with E-state index in [-0.39, 0.29) is 6.42 Å². The van der Waals surface area contributed by atoms with E-state index in [9.17, 15) is 0 Å². The van der Waals surface area contributed by atoms with E-state index in [0.29, 0.717) is 11.4 Å². The van der Waals surface area contributed by atoms with Gasteiger partial charge in [0, 0.05) is 11.3 Å². The van der Waals surface area contributed by atoms with Crippen molar-refractivity contribution in [2.45, 2.75) is 6.42 Å². The third kappa shape index (κ3) is 2.18. The van der Waals surface area contributed by atoms with Gasteiger partial charge in [-0.25, -0.2) is 0 Å². The SMILES string of the molecule is N#CCc1cc(N)cc(-c2ccccc2)n1. The summed E-state index contributed by atoms with van der Waals surface area (Å²) in [5.41, 5.74) is 8.94. The smallest absolute Gasteiger partial charge is 0.0775 e. The second-order valence-corrected chi connectivity index (χ2v) is 3.48. The van der Waals surface area contributed by atoms with Gasteiger partial charge in [0.25, 0.3) is 0 Å². The van der Waals surface area contributed by atoms with E-state index in [1.165, 1.54) is 0 Å². The highest BCUT2D eigenvalue weighted by Gasteiger charge is 2.02. The van der Waals surface area contributed by atoms with Gasteiger partial charge in [0.1, 0.15) is 0 Å². The van der Waals surface area contributed by atoms with Crippen LogP contribution in [0.2, 0.25) is 0 Å². The average Bonchev–Trinajstić information content (AvgIpc) is 2.30. The molecule has 0 bridgehead atoms. The van der Waals surface area contributed by atoms with Crippen molar-refractivity contribution in [3.8, 4) is 17.3 Å². The quantitative estimate of drug-likeness (QED) is 0.826. The van der Waals surface area contributed by atoms with E-state index in [2.05, 4.69) is 11.1 Å². The summed E-state index contributed by atoms with van der Waals surface area (Å²) in [4.78, 5) is 4.39. The fourth-order valence-corrected chi connectivity index (χ4v) is 1.54. The number of benzene rings is 1. The number of anilines is 1. The zero-order valence-electron chi connectivity index (χ0n) is 8.72. The summed E-state index contributed by atoms with van der Waals surface area (Å²) < 4.78 is 0. The molecule has 2 rings (SSSR count). The van der Waals surface area contributed by atoms with Crippen LogP contribution in [0.5, 0.6) is 0 Å².